The number of esters is 1. The fraction of sp³-hybridized carbons (Fsp3) is 0.889. The van der Waals surface area contributed by atoms with Gasteiger partial charge in [0.1, 0.15) is 0 Å². The SMILES string of the molecule is CCCCC(CC)CN=C(NCC)N1CCC(C(=O)OC)CC1. The first-order valence-electron chi connectivity index (χ1n) is 9.27. The van der Waals surface area contributed by atoms with E-state index in [0.717, 1.165) is 45.0 Å². The first kappa shape index (κ1) is 19.8. The number of carbonyl (C=O) groups excluding carboxylic acids is 1. The second-order valence-corrected chi connectivity index (χ2v) is 6.40. The van der Waals surface area contributed by atoms with Gasteiger partial charge in [-0.1, -0.05) is 33.1 Å². The molecule has 1 aliphatic heterocycles. The molecule has 0 aromatic rings. The number of aliphatic imine (C=N–C) groups is 1. The van der Waals surface area contributed by atoms with Crippen molar-refractivity contribution in [3.63, 3.8) is 0 Å². The number of ether oxygens (including phenoxy) is 1. The van der Waals surface area contributed by atoms with Crippen molar-refractivity contribution >= 4 is 11.9 Å². The Hall–Kier alpha value is -1.26. The van der Waals surface area contributed by atoms with Crippen molar-refractivity contribution in [2.24, 2.45) is 16.8 Å². The summed E-state index contributed by atoms with van der Waals surface area (Å²) in [4.78, 5) is 18.8. The number of carbonyl (C=O) groups is 1. The lowest BCUT2D eigenvalue weighted by Crippen LogP contribution is -2.46. The molecule has 0 saturated carbocycles. The second-order valence-electron chi connectivity index (χ2n) is 6.40. The van der Waals surface area contributed by atoms with Crippen LogP contribution in [0.3, 0.4) is 0 Å². The zero-order valence-corrected chi connectivity index (χ0v) is 15.4. The van der Waals surface area contributed by atoms with Gasteiger partial charge in [-0.3, -0.25) is 9.79 Å². The smallest absolute Gasteiger partial charge is 0.308 e. The molecule has 0 aromatic heterocycles. The van der Waals surface area contributed by atoms with E-state index >= 15 is 0 Å². The summed E-state index contributed by atoms with van der Waals surface area (Å²) >= 11 is 0. The van der Waals surface area contributed by atoms with E-state index in [9.17, 15) is 4.79 Å². The molecule has 5 nitrogen and oxygen atoms in total. The van der Waals surface area contributed by atoms with Crippen molar-refractivity contribution in [2.45, 2.75) is 59.3 Å². The average molecular weight is 325 g/mol. The number of unbranched alkanes of at least 4 members (excludes halogenated alkanes) is 1. The molecule has 1 heterocycles. The lowest BCUT2D eigenvalue weighted by Gasteiger charge is -2.33. The number of nitrogens with one attached hydrogen (secondary N) is 1. The molecule has 1 atom stereocenters. The predicted molar refractivity (Wildman–Crippen MR) is 95.6 cm³/mol. The van der Waals surface area contributed by atoms with Gasteiger partial charge in [0.25, 0.3) is 0 Å². The summed E-state index contributed by atoms with van der Waals surface area (Å²) < 4.78 is 4.86. The summed E-state index contributed by atoms with van der Waals surface area (Å²) in [5, 5.41) is 3.41. The van der Waals surface area contributed by atoms with Crippen LogP contribution in [-0.2, 0) is 9.53 Å². The maximum absolute atomic E-state index is 11.6. The zero-order chi connectivity index (χ0) is 17.1. The van der Waals surface area contributed by atoms with Crippen LogP contribution >= 0.6 is 0 Å². The number of rotatable bonds is 8. The van der Waals surface area contributed by atoms with Crippen molar-refractivity contribution in [2.75, 3.05) is 33.3 Å². The molecule has 0 aliphatic carbocycles. The lowest BCUT2D eigenvalue weighted by atomic mass is 9.97. The Balaban J connectivity index is 2.57. The largest absolute Gasteiger partial charge is 0.469 e. The van der Waals surface area contributed by atoms with Gasteiger partial charge in [0.05, 0.1) is 13.0 Å². The third-order valence-corrected chi connectivity index (χ3v) is 4.71. The summed E-state index contributed by atoms with van der Waals surface area (Å²) in [5.41, 5.74) is 0. The third kappa shape index (κ3) is 6.80. The summed E-state index contributed by atoms with van der Waals surface area (Å²) in [6.45, 7) is 10.1. The number of hydrogen-bond acceptors (Lipinski definition) is 3. The van der Waals surface area contributed by atoms with Crippen LogP contribution in [0.1, 0.15) is 59.3 Å². The Labute approximate surface area is 141 Å². The number of methoxy groups -OCH3 is 1. The molecule has 0 amide bonds. The number of piperidine rings is 1. The number of nitrogens with zero attached hydrogens (tertiary/aromatic N) is 2. The normalized spacial score (nSPS) is 17.9. The molecular weight excluding hydrogens is 290 g/mol. The molecule has 23 heavy (non-hydrogen) atoms. The topological polar surface area (TPSA) is 53.9 Å². The fourth-order valence-corrected chi connectivity index (χ4v) is 3.05. The molecule has 5 heteroatoms. The molecule has 1 rings (SSSR count). The Bertz CT molecular complexity index is 363. The molecule has 134 valence electrons. The predicted octanol–water partition coefficient (Wildman–Crippen LogP) is 3.05. The summed E-state index contributed by atoms with van der Waals surface area (Å²) in [6.07, 6.45) is 6.69. The minimum Gasteiger partial charge on any atom is -0.469 e. The Morgan fingerprint density at radius 2 is 2.00 bits per heavy atom. The van der Waals surface area contributed by atoms with Gasteiger partial charge in [0, 0.05) is 26.2 Å². The molecule has 0 radical (unpaired) electrons. The molecule has 0 bridgehead atoms. The summed E-state index contributed by atoms with van der Waals surface area (Å²) in [5.74, 6) is 1.66. The van der Waals surface area contributed by atoms with Gasteiger partial charge in [-0.15, -0.1) is 0 Å². The highest BCUT2D eigenvalue weighted by Crippen LogP contribution is 2.19. The van der Waals surface area contributed by atoms with Crippen molar-refractivity contribution in [3.05, 3.63) is 0 Å². The van der Waals surface area contributed by atoms with Crippen LogP contribution in [0.4, 0.5) is 0 Å². The van der Waals surface area contributed by atoms with Crippen LogP contribution in [0.2, 0.25) is 0 Å². The van der Waals surface area contributed by atoms with Gasteiger partial charge in [0.15, 0.2) is 5.96 Å². The lowest BCUT2D eigenvalue weighted by molar-refractivity contribution is -0.146. The highest BCUT2D eigenvalue weighted by atomic mass is 16.5. The molecule has 1 saturated heterocycles. The Kier molecular flexibility index (Phi) is 9.72. The standard InChI is InChI=1S/C18H35N3O2/c1-5-8-9-15(6-2)14-20-18(19-7-3)21-12-10-16(11-13-21)17(22)23-4/h15-16H,5-14H2,1-4H3,(H,19,20). The minimum atomic E-state index is -0.0720. The molecule has 0 aromatic carbocycles. The molecular formula is C18H35N3O2. The van der Waals surface area contributed by atoms with Crippen molar-refractivity contribution in [1.29, 1.82) is 0 Å². The summed E-state index contributed by atoms with van der Waals surface area (Å²) in [7, 11) is 1.47. The van der Waals surface area contributed by atoms with E-state index in [4.69, 9.17) is 9.73 Å². The molecule has 0 spiro atoms. The number of guanidine groups is 1. The zero-order valence-electron chi connectivity index (χ0n) is 15.4. The van der Waals surface area contributed by atoms with E-state index in [0.29, 0.717) is 5.92 Å². The summed E-state index contributed by atoms with van der Waals surface area (Å²) in [6, 6.07) is 0. The average Bonchev–Trinajstić information content (AvgIpc) is 2.60. The quantitative estimate of drug-likeness (QED) is 0.423. The maximum Gasteiger partial charge on any atom is 0.308 e. The van der Waals surface area contributed by atoms with Gasteiger partial charge in [-0.25, -0.2) is 0 Å². The van der Waals surface area contributed by atoms with Gasteiger partial charge < -0.3 is 15.0 Å². The first-order valence-corrected chi connectivity index (χ1v) is 9.27. The highest BCUT2D eigenvalue weighted by Gasteiger charge is 2.27. The minimum absolute atomic E-state index is 0.0482. The van der Waals surface area contributed by atoms with Crippen LogP contribution in [0.15, 0.2) is 4.99 Å². The van der Waals surface area contributed by atoms with E-state index in [2.05, 4.69) is 31.0 Å². The van der Waals surface area contributed by atoms with E-state index in [1.165, 1.54) is 32.8 Å². The first-order chi connectivity index (χ1) is 11.2. The number of likely N-dealkylation sites (tertiary alicyclic amines) is 1. The van der Waals surface area contributed by atoms with Crippen molar-refractivity contribution in [1.82, 2.24) is 10.2 Å². The maximum atomic E-state index is 11.6. The molecule has 1 aliphatic rings. The van der Waals surface area contributed by atoms with Crippen LogP contribution < -0.4 is 5.32 Å². The van der Waals surface area contributed by atoms with Crippen LogP contribution in [0.5, 0.6) is 0 Å². The van der Waals surface area contributed by atoms with Gasteiger partial charge in [0.2, 0.25) is 0 Å². The van der Waals surface area contributed by atoms with Crippen LogP contribution in [0.25, 0.3) is 0 Å². The van der Waals surface area contributed by atoms with E-state index in [1.54, 1.807) is 0 Å². The van der Waals surface area contributed by atoms with E-state index in [1.807, 2.05) is 0 Å². The van der Waals surface area contributed by atoms with Gasteiger partial charge >= 0.3 is 5.97 Å². The van der Waals surface area contributed by atoms with E-state index in [-0.39, 0.29) is 11.9 Å². The fourth-order valence-electron chi connectivity index (χ4n) is 3.05. The van der Waals surface area contributed by atoms with Crippen molar-refractivity contribution in [3.8, 4) is 0 Å². The third-order valence-electron chi connectivity index (χ3n) is 4.71. The second kappa shape index (κ2) is 11.3. The highest BCUT2D eigenvalue weighted by molar-refractivity contribution is 5.80. The molecule has 1 unspecified atom stereocenters. The molecule has 1 fully saturated rings. The molecule has 1 N–H and O–H groups in total. The van der Waals surface area contributed by atoms with Gasteiger partial charge in [-0.2, -0.15) is 0 Å². The van der Waals surface area contributed by atoms with Gasteiger partial charge in [-0.05, 0) is 32.1 Å². The Morgan fingerprint density at radius 1 is 1.30 bits per heavy atom. The van der Waals surface area contributed by atoms with E-state index < -0.39 is 0 Å². The van der Waals surface area contributed by atoms with Crippen molar-refractivity contribution < 1.29 is 9.53 Å². The Morgan fingerprint density at radius 3 is 2.52 bits per heavy atom. The van der Waals surface area contributed by atoms with Crippen LogP contribution in [0, 0.1) is 11.8 Å². The van der Waals surface area contributed by atoms with Crippen LogP contribution in [-0.4, -0.2) is 50.1 Å². The number of hydrogen-bond donors (Lipinski definition) is 1. The monoisotopic (exact) mass is 325 g/mol.